The van der Waals surface area contributed by atoms with E-state index in [-0.39, 0.29) is 11.9 Å². The Kier molecular flexibility index (Phi) is 5.95. The van der Waals surface area contributed by atoms with E-state index in [2.05, 4.69) is 51.6 Å². The van der Waals surface area contributed by atoms with Crippen LogP contribution in [-0.4, -0.2) is 45.6 Å². The lowest BCUT2D eigenvalue weighted by Crippen LogP contribution is -2.48. The molecule has 2 aromatic heterocycles. The van der Waals surface area contributed by atoms with Crippen LogP contribution in [-0.2, 0) is 17.6 Å². The summed E-state index contributed by atoms with van der Waals surface area (Å²) < 4.78 is 5.33. The van der Waals surface area contributed by atoms with Crippen molar-refractivity contribution < 1.29 is 9.32 Å². The number of nitrogens with zero attached hydrogens (tertiary/aromatic N) is 4. The molecule has 1 unspecified atom stereocenters. The summed E-state index contributed by atoms with van der Waals surface area (Å²) in [4.78, 5) is 23.3. The molecule has 0 spiro atoms. The molecule has 1 fully saturated rings. The molecule has 3 heterocycles. The summed E-state index contributed by atoms with van der Waals surface area (Å²) in [6.07, 6.45) is 5.17. The maximum Gasteiger partial charge on any atom is 0.227 e. The Hall–Kier alpha value is -3.06. The zero-order valence-corrected chi connectivity index (χ0v) is 16.5. The van der Waals surface area contributed by atoms with Gasteiger partial charge in [-0.3, -0.25) is 9.78 Å². The summed E-state index contributed by atoms with van der Waals surface area (Å²) in [7, 11) is 0. The maximum atomic E-state index is 13.0. The lowest BCUT2D eigenvalue weighted by molar-refractivity contribution is -0.134. The molecular weight excluding hydrogens is 366 g/mol. The topological polar surface area (TPSA) is 84.2 Å². The van der Waals surface area contributed by atoms with Crippen molar-refractivity contribution in [1.29, 1.82) is 0 Å². The van der Waals surface area contributed by atoms with Crippen LogP contribution < -0.4 is 5.32 Å². The van der Waals surface area contributed by atoms with Gasteiger partial charge in [-0.2, -0.15) is 4.98 Å². The van der Waals surface area contributed by atoms with E-state index in [1.807, 2.05) is 17.0 Å². The van der Waals surface area contributed by atoms with Crippen molar-refractivity contribution in [2.75, 3.05) is 19.6 Å². The smallest absolute Gasteiger partial charge is 0.227 e. The fourth-order valence-corrected chi connectivity index (χ4v) is 3.61. The number of aromatic nitrogens is 3. The Morgan fingerprint density at radius 2 is 2.00 bits per heavy atom. The molecular formula is C22H25N5O2. The number of benzene rings is 1. The summed E-state index contributed by atoms with van der Waals surface area (Å²) in [6.45, 7) is 4.42. The van der Waals surface area contributed by atoms with Crippen LogP contribution in [0.3, 0.4) is 0 Å². The average molecular weight is 391 g/mol. The second kappa shape index (κ2) is 8.96. The van der Waals surface area contributed by atoms with Gasteiger partial charge in [0, 0.05) is 50.4 Å². The van der Waals surface area contributed by atoms with Gasteiger partial charge in [0.1, 0.15) is 0 Å². The number of piperazine rings is 1. The largest absolute Gasteiger partial charge is 0.339 e. The van der Waals surface area contributed by atoms with Crippen molar-refractivity contribution in [1.82, 2.24) is 25.3 Å². The Morgan fingerprint density at radius 3 is 2.76 bits per heavy atom. The third kappa shape index (κ3) is 4.51. The second-order valence-corrected chi connectivity index (χ2v) is 7.15. The summed E-state index contributed by atoms with van der Waals surface area (Å²) in [5, 5.41) is 7.41. The highest BCUT2D eigenvalue weighted by Gasteiger charge is 2.27. The molecule has 1 aliphatic heterocycles. The molecule has 7 heteroatoms. The number of pyridine rings is 1. The van der Waals surface area contributed by atoms with Gasteiger partial charge in [0.15, 0.2) is 0 Å². The minimum absolute atomic E-state index is 0.0530. The first-order chi connectivity index (χ1) is 14.2. The number of carbonyl (C=O) groups is 1. The van der Waals surface area contributed by atoms with Crippen molar-refractivity contribution >= 4 is 5.91 Å². The summed E-state index contributed by atoms with van der Waals surface area (Å²) in [5.41, 5.74) is 3.32. The summed E-state index contributed by atoms with van der Waals surface area (Å²) in [6, 6.07) is 12.3. The molecule has 0 saturated carbocycles. The van der Waals surface area contributed by atoms with Crippen LogP contribution in [0.5, 0.6) is 0 Å². The van der Waals surface area contributed by atoms with Gasteiger partial charge in [0.2, 0.25) is 17.6 Å². The zero-order chi connectivity index (χ0) is 20.1. The molecule has 29 heavy (non-hydrogen) atoms. The van der Waals surface area contributed by atoms with E-state index in [9.17, 15) is 4.79 Å². The molecule has 1 N–H and O–H groups in total. The van der Waals surface area contributed by atoms with Gasteiger partial charge in [-0.15, -0.1) is 0 Å². The van der Waals surface area contributed by atoms with E-state index in [4.69, 9.17) is 4.52 Å². The highest BCUT2D eigenvalue weighted by molar-refractivity contribution is 5.77. The number of nitrogens with one attached hydrogen (secondary N) is 1. The monoisotopic (exact) mass is 391 g/mol. The Balaban J connectivity index is 1.40. The maximum absolute atomic E-state index is 13.0. The van der Waals surface area contributed by atoms with E-state index in [1.165, 1.54) is 11.1 Å². The zero-order valence-electron chi connectivity index (χ0n) is 16.5. The van der Waals surface area contributed by atoms with Gasteiger partial charge in [0.05, 0.1) is 6.04 Å². The van der Waals surface area contributed by atoms with Gasteiger partial charge < -0.3 is 14.7 Å². The number of amides is 1. The van der Waals surface area contributed by atoms with Gasteiger partial charge in [-0.05, 0) is 29.7 Å². The molecule has 0 radical (unpaired) electrons. The van der Waals surface area contributed by atoms with Gasteiger partial charge in [-0.25, -0.2) is 0 Å². The van der Waals surface area contributed by atoms with Crippen molar-refractivity contribution in [3.05, 3.63) is 65.8 Å². The van der Waals surface area contributed by atoms with Crippen LogP contribution in [0.2, 0.25) is 0 Å². The van der Waals surface area contributed by atoms with Crippen LogP contribution in [0, 0.1) is 0 Å². The standard InChI is InChI=1S/C22H25N5O2/c1-2-16-3-5-17(6-4-16)19-15-24-13-14-27(19)21(28)8-7-20-25-22(26-29-20)18-9-11-23-12-10-18/h3-6,9-12,19,24H,2,7-8,13-15H2,1H3. The molecule has 0 bridgehead atoms. The minimum atomic E-state index is 0.0530. The van der Waals surface area contributed by atoms with Crippen molar-refractivity contribution in [2.24, 2.45) is 0 Å². The second-order valence-electron chi connectivity index (χ2n) is 7.15. The third-order valence-electron chi connectivity index (χ3n) is 5.30. The van der Waals surface area contributed by atoms with E-state index in [0.29, 0.717) is 31.1 Å². The molecule has 1 aromatic carbocycles. The molecule has 3 aromatic rings. The predicted molar refractivity (Wildman–Crippen MR) is 109 cm³/mol. The Morgan fingerprint density at radius 1 is 1.21 bits per heavy atom. The molecule has 4 rings (SSSR count). The molecule has 1 saturated heterocycles. The van der Waals surface area contributed by atoms with E-state index >= 15 is 0 Å². The first-order valence-corrected chi connectivity index (χ1v) is 10.1. The molecule has 1 aliphatic rings. The molecule has 150 valence electrons. The van der Waals surface area contributed by atoms with E-state index < -0.39 is 0 Å². The van der Waals surface area contributed by atoms with Gasteiger partial charge in [-0.1, -0.05) is 36.3 Å². The quantitative estimate of drug-likeness (QED) is 0.696. The van der Waals surface area contributed by atoms with Crippen LogP contribution in [0.15, 0.2) is 53.3 Å². The number of rotatable bonds is 6. The third-order valence-corrected chi connectivity index (χ3v) is 5.30. The van der Waals surface area contributed by atoms with Crippen LogP contribution in [0.4, 0.5) is 0 Å². The predicted octanol–water partition coefficient (Wildman–Crippen LogP) is 2.80. The number of aryl methyl sites for hydroxylation is 2. The normalized spacial score (nSPS) is 16.7. The average Bonchev–Trinajstić information content (AvgIpc) is 3.27. The first-order valence-electron chi connectivity index (χ1n) is 10.1. The Bertz CT molecular complexity index is 939. The summed E-state index contributed by atoms with van der Waals surface area (Å²) in [5.74, 6) is 1.11. The lowest BCUT2D eigenvalue weighted by Gasteiger charge is -2.36. The van der Waals surface area contributed by atoms with Gasteiger partial charge >= 0.3 is 0 Å². The highest BCUT2D eigenvalue weighted by Crippen LogP contribution is 2.24. The van der Waals surface area contributed by atoms with Gasteiger partial charge in [0.25, 0.3) is 0 Å². The first kappa shape index (κ1) is 19.3. The molecule has 0 aliphatic carbocycles. The number of hydrogen-bond acceptors (Lipinski definition) is 6. The fourth-order valence-electron chi connectivity index (χ4n) is 3.61. The number of carbonyl (C=O) groups excluding carboxylic acids is 1. The molecule has 7 nitrogen and oxygen atoms in total. The highest BCUT2D eigenvalue weighted by atomic mass is 16.5. The minimum Gasteiger partial charge on any atom is -0.339 e. The SMILES string of the molecule is CCc1ccc(C2CNCCN2C(=O)CCc2nc(-c3ccncc3)no2)cc1. The van der Waals surface area contributed by atoms with Crippen LogP contribution in [0.1, 0.15) is 36.4 Å². The summed E-state index contributed by atoms with van der Waals surface area (Å²) >= 11 is 0. The van der Waals surface area contributed by atoms with Crippen molar-refractivity contribution in [2.45, 2.75) is 32.2 Å². The van der Waals surface area contributed by atoms with Crippen molar-refractivity contribution in [3.8, 4) is 11.4 Å². The van der Waals surface area contributed by atoms with Crippen LogP contribution >= 0.6 is 0 Å². The lowest BCUT2D eigenvalue weighted by atomic mass is 10.0. The Labute approximate surface area is 170 Å². The van der Waals surface area contributed by atoms with E-state index in [1.54, 1.807) is 12.4 Å². The number of hydrogen-bond donors (Lipinski definition) is 1. The van der Waals surface area contributed by atoms with E-state index in [0.717, 1.165) is 25.1 Å². The fraction of sp³-hybridized carbons (Fsp3) is 0.364. The van der Waals surface area contributed by atoms with Crippen molar-refractivity contribution in [3.63, 3.8) is 0 Å². The molecule has 1 atom stereocenters. The molecule has 1 amide bonds. The van der Waals surface area contributed by atoms with Crippen LogP contribution in [0.25, 0.3) is 11.4 Å².